The molecule has 4 rings (SSSR count). The molecule has 3 N–H and O–H groups in total. The molecule has 29 heavy (non-hydrogen) atoms. The third-order valence-corrected chi connectivity index (χ3v) is 5.16. The fourth-order valence-electron chi connectivity index (χ4n) is 3.06. The molecule has 0 aliphatic heterocycles. The van der Waals surface area contributed by atoms with Crippen molar-refractivity contribution < 1.29 is 9.59 Å². The first-order chi connectivity index (χ1) is 14.2. The summed E-state index contributed by atoms with van der Waals surface area (Å²) in [5, 5.41) is 8.06. The van der Waals surface area contributed by atoms with Crippen LogP contribution in [0.5, 0.6) is 0 Å². The number of hydrogen-bond donors (Lipinski definition) is 3. The Kier molecular flexibility index (Phi) is 5.62. The highest BCUT2D eigenvalue weighted by Crippen LogP contribution is 2.25. The fraction of sp³-hybridized carbons (Fsp3) is 0.143. The molecule has 7 nitrogen and oxygen atoms in total. The number of imidazole rings is 1. The van der Waals surface area contributed by atoms with Crippen molar-refractivity contribution in [3.63, 3.8) is 0 Å². The maximum absolute atomic E-state index is 12.6. The van der Waals surface area contributed by atoms with Crippen LogP contribution in [0.4, 0.5) is 5.13 Å². The van der Waals surface area contributed by atoms with Gasteiger partial charge in [0.2, 0.25) is 11.8 Å². The Labute approximate surface area is 171 Å². The van der Waals surface area contributed by atoms with Crippen molar-refractivity contribution in [2.45, 2.75) is 18.9 Å². The van der Waals surface area contributed by atoms with Gasteiger partial charge < -0.3 is 15.6 Å². The van der Waals surface area contributed by atoms with E-state index in [-0.39, 0.29) is 30.7 Å². The number of nitrogens with zero attached hydrogens (tertiary/aromatic N) is 2. The molecule has 0 aliphatic carbocycles. The van der Waals surface area contributed by atoms with E-state index in [1.807, 2.05) is 48.5 Å². The molecule has 4 aromatic rings. The average Bonchev–Trinajstić information content (AvgIpc) is 3.42. The van der Waals surface area contributed by atoms with Gasteiger partial charge in [-0.2, -0.15) is 0 Å². The number of anilines is 1. The van der Waals surface area contributed by atoms with E-state index >= 15 is 0 Å². The lowest BCUT2D eigenvalue weighted by Crippen LogP contribution is -2.30. The number of hydrogen-bond acceptors (Lipinski definition) is 5. The summed E-state index contributed by atoms with van der Waals surface area (Å²) in [5.74, 6) is -0.428. The minimum atomic E-state index is -0.321. The zero-order chi connectivity index (χ0) is 20.1. The SMILES string of the molecule is O=C(CCC(=O)NC(c1ccccc1)c1ccc2nc[nH]c2c1)Nc1nccs1. The van der Waals surface area contributed by atoms with Gasteiger partial charge in [0, 0.05) is 24.4 Å². The molecule has 0 bridgehead atoms. The van der Waals surface area contributed by atoms with Crippen LogP contribution in [-0.4, -0.2) is 26.8 Å². The van der Waals surface area contributed by atoms with Crippen molar-refractivity contribution in [3.8, 4) is 0 Å². The molecule has 146 valence electrons. The van der Waals surface area contributed by atoms with Crippen LogP contribution in [0.1, 0.15) is 30.0 Å². The van der Waals surface area contributed by atoms with Crippen molar-refractivity contribution in [3.05, 3.63) is 77.6 Å². The summed E-state index contributed by atoms with van der Waals surface area (Å²) in [5.41, 5.74) is 3.67. The Morgan fingerprint density at radius 1 is 1.00 bits per heavy atom. The molecule has 0 fully saturated rings. The lowest BCUT2D eigenvalue weighted by molar-refractivity contribution is -0.124. The minimum absolute atomic E-state index is 0.0898. The first-order valence-corrected chi connectivity index (χ1v) is 10.0. The summed E-state index contributed by atoms with van der Waals surface area (Å²) in [6, 6.07) is 15.3. The van der Waals surface area contributed by atoms with Crippen molar-refractivity contribution in [2.24, 2.45) is 0 Å². The topological polar surface area (TPSA) is 99.8 Å². The highest BCUT2D eigenvalue weighted by molar-refractivity contribution is 7.13. The predicted molar refractivity (Wildman–Crippen MR) is 112 cm³/mol. The quantitative estimate of drug-likeness (QED) is 0.437. The number of thiazole rings is 1. The zero-order valence-electron chi connectivity index (χ0n) is 15.5. The first kappa shape index (κ1) is 18.8. The van der Waals surface area contributed by atoms with Crippen LogP contribution in [0.3, 0.4) is 0 Å². The van der Waals surface area contributed by atoms with Crippen molar-refractivity contribution >= 4 is 39.3 Å². The van der Waals surface area contributed by atoms with Gasteiger partial charge in [0.15, 0.2) is 5.13 Å². The molecule has 1 atom stereocenters. The molecule has 0 saturated heterocycles. The van der Waals surface area contributed by atoms with Gasteiger partial charge in [-0.15, -0.1) is 11.3 Å². The number of H-pyrrole nitrogens is 1. The summed E-state index contributed by atoms with van der Waals surface area (Å²) in [6.45, 7) is 0. The number of carbonyl (C=O) groups is 2. The van der Waals surface area contributed by atoms with E-state index in [4.69, 9.17) is 0 Å². The second kappa shape index (κ2) is 8.66. The largest absolute Gasteiger partial charge is 0.345 e. The van der Waals surface area contributed by atoms with Crippen molar-refractivity contribution in [1.29, 1.82) is 0 Å². The molecule has 8 heteroatoms. The van der Waals surface area contributed by atoms with E-state index in [1.165, 1.54) is 11.3 Å². The van der Waals surface area contributed by atoms with Gasteiger partial charge in [0.05, 0.1) is 23.4 Å². The maximum atomic E-state index is 12.6. The second-order valence-electron chi connectivity index (χ2n) is 6.48. The van der Waals surface area contributed by atoms with Crippen LogP contribution >= 0.6 is 11.3 Å². The van der Waals surface area contributed by atoms with E-state index in [2.05, 4.69) is 25.6 Å². The van der Waals surface area contributed by atoms with Gasteiger partial charge in [-0.1, -0.05) is 36.4 Å². The van der Waals surface area contributed by atoms with Gasteiger partial charge in [-0.25, -0.2) is 9.97 Å². The van der Waals surface area contributed by atoms with E-state index in [9.17, 15) is 9.59 Å². The molecule has 2 amide bonds. The molecule has 0 radical (unpaired) electrons. The standard InChI is InChI=1S/C21H19N5O2S/c27-18(8-9-19(28)26-21-22-10-11-29-21)25-20(14-4-2-1-3-5-14)15-6-7-16-17(12-15)24-13-23-16/h1-7,10-13,20H,8-9H2,(H,23,24)(H,25,27)(H,22,26,28). The van der Waals surface area contributed by atoms with Gasteiger partial charge in [-0.05, 0) is 23.3 Å². The Bertz CT molecular complexity index is 1110. The fourth-order valence-corrected chi connectivity index (χ4v) is 3.61. The van der Waals surface area contributed by atoms with Gasteiger partial charge in [0.25, 0.3) is 0 Å². The van der Waals surface area contributed by atoms with Gasteiger partial charge >= 0.3 is 0 Å². The van der Waals surface area contributed by atoms with Gasteiger partial charge in [-0.3, -0.25) is 9.59 Å². The van der Waals surface area contributed by atoms with E-state index < -0.39 is 0 Å². The smallest absolute Gasteiger partial charge is 0.226 e. The van der Waals surface area contributed by atoms with Gasteiger partial charge in [0.1, 0.15) is 0 Å². The predicted octanol–water partition coefficient (Wildman–Crippen LogP) is 3.64. The number of nitrogens with one attached hydrogen (secondary N) is 3. The molecule has 0 spiro atoms. The lowest BCUT2D eigenvalue weighted by atomic mass is 9.98. The molecule has 2 aromatic carbocycles. The number of fused-ring (bicyclic) bond motifs is 1. The van der Waals surface area contributed by atoms with Crippen LogP contribution < -0.4 is 10.6 Å². The monoisotopic (exact) mass is 405 g/mol. The van der Waals surface area contributed by atoms with E-state index in [0.29, 0.717) is 5.13 Å². The third-order valence-electron chi connectivity index (χ3n) is 4.47. The number of rotatable bonds is 7. The van der Waals surface area contributed by atoms with Crippen LogP contribution in [0, 0.1) is 0 Å². The summed E-state index contributed by atoms with van der Waals surface area (Å²) in [6.07, 6.45) is 3.44. The summed E-state index contributed by atoms with van der Waals surface area (Å²) < 4.78 is 0. The molecule has 2 aromatic heterocycles. The van der Waals surface area contributed by atoms with Crippen LogP contribution in [0.25, 0.3) is 11.0 Å². The van der Waals surface area contributed by atoms with Crippen LogP contribution in [0.15, 0.2) is 66.4 Å². The maximum Gasteiger partial charge on any atom is 0.226 e. The lowest BCUT2D eigenvalue weighted by Gasteiger charge is -2.20. The zero-order valence-corrected chi connectivity index (χ0v) is 16.3. The Balaban J connectivity index is 1.46. The molecule has 0 saturated carbocycles. The first-order valence-electron chi connectivity index (χ1n) is 9.16. The number of benzene rings is 2. The summed E-state index contributed by atoms with van der Waals surface area (Å²) >= 11 is 1.34. The summed E-state index contributed by atoms with van der Waals surface area (Å²) in [4.78, 5) is 36.0. The highest BCUT2D eigenvalue weighted by Gasteiger charge is 2.18. The third kappa shape index (κ3) is 4.67. The van der Waals surface area contributed by atoms with Crippen molar-refractivity contribution in [1.82, 2.24) is 20.3 Å². The Morgan fingerprint density at radius 2 is 1.83 bits per heavy atom. The molecule has 0 aliphatic rings. The average molecular weight is 405 g/mol. The molecule has 1 unspecified atom stereocenters. The van der Waals surface area contributed by atoms with E-state index in [0.717, 1.165) is 22.2 Å². The molecule has 2 heterocycles. The normalized spacial score (nSPS) is 11.9. The number of aromatic amines is 1. The second-order valence-corrected chi connectivity index (χ2v) is 7.37. The Morgan fingerprint density at radius 3 is 2.62 bits per heavy atom. The molecular weight excluding hydrogens is 386 g/mol. The van der Waals surface area contributed by atoms with Crippen molar-refractivity contribution in [2.75, 3.05) is 5.32 Å². The molecular formula is C21H19N5O2S. The number of aromatic nitrogens is 3. The highest BCUT2D eigenvalue weighted by atomic mass is 32.1. The number of carbonyl (C=O) groups excluding carboxylic acids is 2. The minimum Gasteiger partial charge on any atom is -0.345 e. The number of amides is 2. The Hall–Kier alpha value is -3.52. The summed E-state index contributed by atoms with van der Waals surface area (Å²) in [7, 11) is 0. The van der Waals surface area contributed by atoms with Crippen LogP contribution in [-0.2, 0) is 9.59 Å². The van der Waals surface area contributed by atoms with E-state index in [1.54, 1.807) is 17.9 Å². The van der Waals surface area contributed by atoms with Crippen LogP contribution in [0.2, 0.25) is 0 Å².